The topological polar surface area (TPSA) is 93.0 Å². The van der Waals surface area contributed by atoms with Gasteiger partial charge in [0.25, 0.3) is 0 Å². The number of fused-ring (bicyclic) bond motifs is 2. The number of hydrogen-bond acceptors (Lipinski definition) is 8. The van der Waals surface area contributed by atoms with Gasteiger partial charge in [-0.3, -0.25) is 9.79 Å². The average molecular weight is 530 g/mol. The second-order valence-corrected chi connectivity index (χ2v) is 10.3. The number of aromatic nitrogens is 1. The van der Waals surface area contributed by atoms with Gasteiger partial charge in [0.1, 0.15) is 17.2 Å². The van der Waals surface area contributed by atoms with Crippen LogP contribution in [0.5, 0.6) is 17.2 Å². The van der Waals surface area contributed by atoms with Crippen LogP contribution in [0.4, 0.5) is 11.4 Å². The zero-order valence-electron chi connectivity index (χ0n) is 20.1. The lowest BCUT2D eigenvalue weighted by Crippen LogP contribution is -2.14. The molecule has 37 heavy (non-hydrogen) atoms. The molecule has 0 aliphatic heterocycles. The van der Waals surface area contributed by atoms with Crippen molar-refractivity contribution in [2.45, 2.75) is 4.34 Å². The minimum absolute atomic E-state index is 0.170. The van der Waals surface area contributed by atoms with Crippen molar-refractivity contribution in [2.75, 3.05) is 25.3 Å². The van der Waals surface area contributed by atoms with Crippen molar-refractivity contribution in [3.63, 3.8) is 0 Å². The minimum atomic E-state index is -0.170. The molecule has 0 bridgehead atoms. The molecule has 0 aliphatic carbocycles. The first kappa shape index (κ1) is 24.6. The predicted molar refractivity (Wildman–Crippen MR) is 151 cm³/mol. The molecule has 0 atom stereocenters. The maximum Gasteiger partial charge on any atom is 0.234 e. The Hall–Kier alpha value is -4.08. The van der Waals surface area contributed by atoms with Gasteiger partial charge in [-0.2, -0.15) is 0 Å². The number of phenolic OH excluding ortho intramolecular Hbond substituents is 1. The van der Waals surface area contributed by atoms with Crippen molar-refractivity contribution in [1.29, 1.82) is 0 Å². The Labute approximate surface area is 221 Å². The van der Waals surface area contributed by atoms with E-state index < -0.39 is 0 Å². The summed E-state index contributed by atoms with van der Waals surface area (Å²) in [6.45, 7) is 0. The highest BCUT2D eigenvalue weighted by Crippen LogP contribution is 2.33. The van der Waals surface area contributed by atoms with Gasteiger partial charge in [0.05, 0.1) is 41.6 Å². The van der Waals surface area contributed by atoms with Gasteiger partial charge in [-0.25, -0.2) is 4.98 Å². The lowest BCUT2D eigenvalue weighted by Gasteiger charge is -2.11. The van der Waals surface area contributed by atoms with E-state index in [0.717, 1.165) is 31.0 Å². The summed E-state index contributed by atoms with van der Waals surface area (Å²) in [7, 11) is 3.12. The van der Waals surface area contributed by atoms with Crippen molar-refractivity contribution in [1.82, 2.24) is 4.98 Å². The fraction of sp³-hybridized carbons (Fsp3) is 0.107. The van der Waals surface area contributed by atoms with E-state index in [9.17, 15) is 9.90 Å². The lowest BCUT2D eigenvalue weighted by molar-refractivity contribution is -0.113. The van der Waals surface area contributed by atoms with Gasteiger partial charge in [0.15, 0.2) is 4.34 Å². The minimum Gasteiger partial charge on any atom is -0.507 e. The van der Waals surface area contributed by atoms with E-state index >= 15 is 0 Å². The molecule has 4 aromatic carbocycles. The highest BCUT2D eigenvalue weighted by Gasteiger charge is 2.12. The summed E-state index contributed by atoms with van der Waals surface area (Å²) in [4.78, 5) is 21.8. The first-order valence-corrected chi connectivity index (χ1v) is 13.1. The summed E-state index contributed by atoms with van der Waals surface area (Å²) in [5.74, 6) is 1.40. The Bertz CT molecular complexity index is 1630. The smallest absolute Gasteiger partial charge is 0.234 e. The average Bonchev–Trinajstić information content (AvgIpc) is 3.33. The van der Waals surface area contributed by atoms with Gasteiger partial charge in [0.2, 0.25) is 5.91 Å². The molecule has 5 rings (SSSR count). The van der Waals surface area contributed by atoms with E-state index in [0.29, 0.717) is 22.7 Å². The Morgan fingerprint density at radius 2 is 1.95 bits per heavy atom. The summed E-state index contributed by atoms with van der Waals surface area (Å²) >= 11 is 2.87. The van der Waals surface area contributed by atoms with Crippen molar-refractivity contribution in [2.24, 2.45) is 4.99 Å². The number of amides is 1. The quantitative estimate of drug-likeness (QED) is 0.173. The number of nitrogens with zero attached hydrogens (tertiary/aromatic N) is 2. The maximum atomic E-state index is 12.6. The predicted octanol–water partition coefficient (Wildman–Crippen LogP) is 6.65. The molecular formula is C28H23N3O4S2. The first-order valence-electron chi connectivity index (χ1n) is 11.3. The number of phenols is 1. The molecule has 0 fully saturated rings. The van der Waals surface area contributed by atoms with E-state index in [-0.39, 0.29) is 17.4 Å². The third-order valence-electron chi connectivity index (χ3n) is 5.65. The fourth-order valence-corrected chi connectivity index (χ4v) is 5.72. The number of thioether (sulfide) groups is 1. The molecule has 0 saturated carbocycles. The zero-order chi connectivity index (χ0) is 25.8. The fourth-order valence-electron chi connectivity index (χ4n) is 3.82. The van der Waals surface area contributed by atoms with Gasteiger partial charge >= 0.3 is 0 Å². The van der Waals surface area contributed by atoms with Crippen molar-refractivity contribution < 1.29 is 19.4 Å². The number of rotatable bonds is 8. The number of nitrogens with one attached hydrogen (secondary N) is 1. The molecule has 2 N–H and O–H groups in total. The van der Waals surface area contributed by atoms with Crippen molar-refractivity contribution in [3.8, 4) is 17.2 Å². The first-order chi connectivity index (χ1) is 18.0. The molecule has 1 amide bonds. The number of aliphatic imine (C=N–C) groups is 1. The van der Waals surface area contributed by atoms with Crippen LogP contribution in [0.15, 0.2) is 82.1 Å². The molecule has 0 saturated heterocycles. The Balaban J connectivity index is 1.28. The number of carbonyl (C=O) groups is 1. The number of aromatic hydroxyl groups is 1. The van der Waals surface area contributed by atoms with Gasteiger partial charge in [0, 0.05) is 17.8 Å². The van der Waals surface area contributed by atoms with Crippen LogP contribution in [-0.2, 0) is 4.79 Å². The van der Waals surface area contributed by atoms with Gasteiger partial charge < -0.3 is 19.9 Å². The monoisotopic (exact) mass is 529 g/mol. The third-order valence-corrected chi connectivity index (χ3v) is 7.81. The van der Waals surface area contributed by atoms with E-state index in [1.165, 1.54) is 23.1 Å². The molecular weight excluding hydrogens is 506 g/mol. The molecule has 0 spiro atoms. The summed E-state index contributed by atoms with van der Waals surface area (Å²) in [6.07, 6.45) is 1.69. The molecule has 186 valence electrons. The van der Waals surface area contributed by atoms with Crippen LogP contribution in [0.2, 0.25) is 0 Å². The van der Waals surface area contributed by atoms with Crippen molar-refractivity contribution in [3.05, 3.63) is 78.4 Å². The number of thiazole rings is 1. The number of anilines is 1. The molecule has 0 unspecified atom stereocenters. The Morgan fingerprint density at radius 1 is 1.08 bits per heavy atom. The summed E-state index contributed by atoms with van der Waals surface area (Å²) < 4.78 is 12.3. The van der Waals surface area contributed by atoms with E-state index in [1.54, 1.807) is 44.7 Å². The second kappa shape index (κ2) is 10.9. The van der Waals surface area contributed by atoms with Crippen LogP contribution in [0, 0.1) is 0 Å². The van der Waals surface area contributed by atoms with Crippen LogP contribution in [0.3, 0.4) is 0 Å². The van der Waals surface area contributed by atoms with E-state index in [2.05, 4.69) is 15.3 Å². The highest BCUT2D eigenvalue weighted by atomic mass is 32.2. The van der Waals surface area contributed by atoms with Crippen LogP contribution in [0.25, 0.3) is 21.0 Å². The highest BCUT2D eigenvalue weighted by molar-refractivity contribution is 8.01. The van der Waals surface area contributed by atoms with Crippen LogP contribution in [-0.4, -0.2) is 42.2 Å². The van der Waals surface area contributed by atoms with Crippen LogP contribution < -0.4 is 14.8 Å². The lowest BCUT2D eigenvalue weighted by atomic mass is 10.0. The van der Waals surface area contributed by atoms with E-state index in [1.807, 2.05) is 48.5 Å². The van der Waals surface area contributed by atoms with Crippen LogP contribution >= 0.6 is 23.1 Å². The third kappa shape index (κ3) is 5.52. The molecule has 9 heteroatoms. The van der Waals surface area contributed by atoms with Gasteiger partial charge in [-0.05, 0) is 47.2 Å². The number of methoxy groups -OCH3 is 2. The number of hydrogen-bond donors (Lipinski definition) is 2. The number of carbonyl (C=O) groups excluding carboxylic acids is 1. The van der Waals surface area contributed by atoms with Gasteiger partial charge in [-0.1, -0.05) is 42.1 Å². The number of ether oxygens (including phenoxy) is 2. The Morgan fingerprint density at radius 3 is 2.78 bits per heavy atom. The summed E-state index contributed by atoms with van der Waals surface area (Å²) in [5, 5.41) is 15.2. The normalized spacial score (nSPS) is 11.3. The van der Waals surface area contributed by atoms with Crippen LogP contribution in [0.1, 0.15) is 5.56 Å². The maximum absolute atomic E-state index is 12.6. The summed E-state index contributed by atoms with van der Waals surface area (Å²) in [5.41, 5.74) is 2.83. The van der Waals surface area contributed by atoms with Gasteiger partial charge in [-0.15, -0.1) is 11.3 Å². The standard InChI is InChI=1S/C28H23N3O4S2/c1-34-19-9-12-25(35-2)23(14-19)30-27(33)16-36-28-31-22-10-8-18(13-26(22)37-28)29-15-21-20-6-4-3-5-17(20)7-11-24(21)32/h3-15,32H,16H2,1-2H3,(H,30,33). The molecule has 1 heterocycles. The van der Waals surface area contributed by atoms with Crippen molar-refractivity contribution >= 4 is 67.6 Å². The SMILES string of the molecule is COc1ccc(OC)c(NC(=O)CSc2nc3ccc(N=Cc4c(O)ccc5ccccc45)cc3s2)c1. The molecule has 0 radical (unpaired) electrons. The van der Waals surface area contributed by atoms with E-state index in [4.69, 9.17) is 9.47 Å². The molecule has 1 aromatic heterocycles. The molecule has 5 aromatic rings. The molecule has 0 aliphatic rings. The summed E-state index contributed by atoms with van der Waals surface area (Å²) in [6, 6.07) is 22.4. The zero-order valence-corrected chi connectivity index (χ0v) is 21.7. The largest absolute Gasteiger partial charge is 0.507 e. The second-order valence-electron chi connectivity index (χ2n) is 8.01. The molecule has 7 nitrogen and oxygen atoms in total. The Kier molecular flexibility index (Phi) is 7.25. The number of benzene rings is 4.